The third kappa shape index (κ3) is 4.53. The number of carbonyl (C=O) groups excluding carboxylic acids is 1. The van der Waals surface area contributed by atoms with Crippen molar-refractivity contribution in [2.24, 2.45) is 0 Å². The lowest BCUT2D eigenvalue weighted by molar-refractivity contribution is -0.129. The molecule has 0 unspecified atom stereocenters. The highest BCUT2D eigenvalue weighted by Gasteiger charge is 2.36. The number of rotatable bonds is 8. The fourth-order valence-electron chi connectivity index (χ4n) is 4.18. The van der Waals surface area contributed by atoms with E-state index in [9.17, 15) is 18.8 Å². The summed E-state index contributed by atoms with van der Waals surface area (Å²) in [7, 11) is 1.40. The van der Waals surface area contributed by atoms with Crippen molar-refractivity contribution in [2.45, 2.75) is 52.7 Å². The van der Waals surface area contributed by atoms with Gasteiger partial charge in [0, 0.05) is 17.2 Å². The lowest BCUT2D eigenvalue weighted by Crippen LogP contribution is -2.56. The van der Waals surface area contributed by atoms with Gasteiger partial charge in [-0.2, -0.15) is 10.2 Å². The number of nitrogens with zero attached hydrogens (tertiary/aromatic N) is 5. The number of fused-ring (bicyclic) bond motifs is 1. The molecule has 0 saturated carbocycles. The van der Waals surface area contributed by atoms with E-state index in [0.29, 0.717) is 10.6 Å². The minimum absolute atomic E-state index is 0.121. The van der Waals surface area contributed by atoms with Crippen molar-refractivity contribution >= 4 is 33.2 Å². The molecule has 0 fully saturated rings. The van der Waals surface area contributed by atoms with Gasteiger partial charge in [-0.05, 0) is 52.8 Å². The predicted octanol–water partition coefficient (Wildman–Crippen LogP) is 2.59. The van der Waals surface area contributed by atoms with Crippen LogP contribution in [0.2, 0.25) is 0 Å². The Morgan fingerprint density at radius 2 is 1.89 bits per heavy atom. The lowest BCUT2D eigenvalue weighted by Gasteiger charge is -2.27. The van der Waals surface area contributed by atoms with E-state index in [2.05, 4.69) is 15.5 Å². The third-order valence-electron chi connectivity index (χ3n) is 6.13. The van der Waals surface area contributed by atoms with Crippen molar-refractivity contribution in [1.29, 1.82) is 5.41 Å². The van der Waals surface area contributed by atoms with Gasteiger partial charge in [0.2, 0.25) is 5.91 Å². The number of methoxy groups -OCH3 is 1. The van der Waals surface area contributed by atoms with Gasteiger partial charge in [0.05, 0.1) is 37.1 Å². The Balaban J connectivity index is 2.02. The van der Waals surface area contributed by atoms with Crippen LogP contribution in [0.3, 0.4) is 0 Å². The minimum atomic E-state index is -1.56. The Bertz CT molecular complexity index is 1670. The normalized spacial score (nSPS) is 11.8. The van der Waals surface area contributed by atoms with Crippen LogP contribution in [0.25, 0.3) is 15.2 Å². The highest BCUT2D eigenvalue weighted by Crippen LogP contribution is 2.31. The number of hydrogen-bond donors (Lipinski definition) is 2. The second-order valence-corrected chi connectivity index (χ2v) is 10.5. The van der Waals surface area contributed by atoms with Crippen LogP contribution in [0, 0.1) is 18.2 Å². The van der Waals surface area contributed by atoms with Crippen molar-refractivity contribution in [2.75, 3.05) is 7.11 Å². The lowest BCUT2D eigenvalue weighted by atomic mass is 10.0. The number of carbonyl (C=O) groups is 1. The number of nitrogens with one attached hydrogen (secondary N) is 2. The molecular weight excluding hydrogens is 513 g/mol. The monoisotopic (exact) mass is 541 g/mol. The predicted molar refractivity (Wildman–Crippen MR) is 142 cm³/mol. The van der Waals surface area contributed by atoms with Crippen LogP contribution in [0.1, 0.15) is 38.8 Å². The molecule has 4 rings (SSSR count). The fraction of sp³-hybridized carbons (Fsp3) is 0.360. The van der Waals surface area contributed by atoms with Gasteiger partial charge < -0.3 is 15.5 Å². The van der Waals surface area contributed by atoms with Crippen LogP contribution >= 0.6 is 11.3 Å². The summed E-state index contributed by atoms with van der Waals surface area (Å²) < 4.78 is 21.5. The van der Waals surface area contributed by atoms with Crippen LogP contribution in [-0.4, -0.2) is 48.9 Å². The van der Waals surface area contributed by atoms with Gasteiger partial charge in [0.1, 0.15) is 26.9 Å². The molecule has 0 aliphatic carbocycles. The molecule has 1 amide bonds. The number of hydrogen-bond acceptors (Lipinski definition) is 8. The van der Waals surface area contributed by atoms with Gasteiger partial charge in [-0.1, -0.05) is 11.3 Å². The zero-order chi connectivity index (χ0) is 27.9. The third-order valence-corrected chi connectivity index (χ3v) is 7.41. The summed E-state index contributed by atoms with van der Waals surface area (Å²) in [5.74, 6) is -0.825. The van der Waals surface area contributed by atoms with Crippen molar-refractivity contribution in [3.63, 3.8) is 0 Å². The zero-order valence-electron chi connectivity index (χ0n) is 21.8. The SMILES string of the molecule is COc1ccc(F)cc1C(=N)Cn1c(=O)n(C(C)(C)C(=O)NC(C)C)c(=O)c2c(C)c(-n3nccn3)sc21. The molecule has 13 heteroatoms. The Morgan fingerprint density at radius 3 is 2.50 bits per heavy atom. The Labute approximate surface area is 221 Å². The van der Waals surface area contributed by atoms with Crippen molar-refractivity contribution < 1.29 is 13.9 Å². The van der Waals surface area contributed by atoms with Gasteiger partial charge >= 0.3 is 5.69 Å². The average Bonchev–Trinajstić information content (AvgIpc) is 3.49. The highest BCUT2D eigenvalue weighted by atomic mass is 32.1. The molecule has 0 aliphatic rings. The molecule has 0 radical (unpaired) electrons. The standard InChI is InChI=1S/C25H28FN7O4S/c1-13(2)30-23(35)25(4,5)32-20(34)19-14(3)21(33-28-9-10-29-33)38-22(19)31(24(32)36)12-17(27)16-11-15(26)7-8-18(16)37-6/h7-11,13,27H,12H2,1-6H3,(H,30,35). The quantitative estimate of drug-likeness (QED) is 0.329. The maximum absolute atomic E-state index is 14.1. The Hall–Kier alpha value is -4.13. The number of thiophene rings is 1. The largest absolute Gasteiger partial charge is 0.496 e. The number of benzene rings is 1. The maximum atomic E-state index is 14.1. The van der Waals surface area contributed by atoms with E-state index in [4.69, 9.17) is 10.1 Å². The smallest absolute Gasteiger partial charge is 0.333 e. The first-order valence-corrected chi connectivity index (χ1v) is 12.6. The molecule has 0 spiro atoms. The van der Waals surface area contributed by atoms with Crippen LogP contribution in [0.5, 0.6) is 5.75 Å². The summed E-state index contributed by atoms with van der Waals surface area (Å²) in [6.45, 7) is 7.92. The van der Waals surface area contributed by atoms with Crippen LogP contribution in [0.4, 0.5) is 4.39 Å². The summed E-state index contributed by atoms with van der Waals surface area (Å²) in [5.41, 5.74) is -2.44. The van der Waals surface area contributed by atoms with E-state index < -0.39 is 28.5 Å². The molecule has 200 valence electrons. The molecule has 0 aliphatic heterocycles. The number of ether oxygens (including phenoxy) is 1. The van der Waals surface area contributed by atoms with E-state index in [1.807, 2.05) is 0 Å². The molecule has 0 atom stereocenters. The Kier molecular flexibility index (Phi) is 7.06. The number of halogens is 1. The summed E-state index contributed by atoms with van der Waals surface area (Å²) in [5, 5.41) is 20.5. The van der Waals surface area contributed by atoms with Crippen molar-refractivity contribution in [3.8, 4) is 10.8 Å². The molecule has 11 nitrogen and oxygen atoms in total. The molecule has 38 heavy (non-hydrogen) atoms. The molecule has 0 saturated heterocycles. The number of aryl methyl sites for hydroxylation is 1. The minimum Gasteiger partial charge on any atom is -0.496 e. The second kappa shape index (κ2) is 9.97. The molecule has 1 aromatic carbocycles. The molecule has 2 N–H and O–H groups in total. The molecule has 3 heterocycles. The summed E-state index contributed by atoms with van der Waals surface area (Å²) in [4.78, 5) is 42.5. The number of aromatic nitrogens is 5. The molecule has 4 aromatic rings. The highest BCUT2D eigenvalue weighted by molar-refractivity contribution is 7.21. The van der Waals surface area contributed by atoms with Crippen molar-refractivity contribution in [3.05, 3.63) is 68.4 Å². The second-order valence-electron chi connectivity index (χ2n) is 9.55. The van der Waals surface area contributed by atoms with E-state index >= 15 is 0 Å². The number of amides is 1. The van der Waals surface area contributed by atoms with E-state index in [0.717, 1.165) is 22.0 Å². The van der Waals surface area contributed by atoms with E-state index in [1.165, 1.54) is 54.8 Å². The zero-order valence-corrected chi connectivity index (χ0v) is 22.6. The van der Waals surface area contributed by atoms with Gasteiger partial charge in [-0.25, -0.2) is 13.8 Å². The van der Waals surface area contributed by atoms with Crippen molar-refractivity contribution in [1.82, 2.24) is 29.4 Å². The first-order chi connectivity index (χ1) is 17.9. The topological polar surface area (TPSA) is 137 Å². The summed E-state index contributed by atoms with van der Waals surface area (Å²) in [6, 6.07) is 3.53. The van der Waals surface area contributed by atoms with E-state index in [1.54, 1.807) is 20.8 Å². The van der Waals surface area contributed by atoms with E-state index in [-0.39, 0.29) is 39.8 Å². The first-order valence-electron chi connectivity index (χ1n) is 11.8. The maximum Gasteiger partial charge on any atom is 0.333 e. The Morgan fingerprint density at radius 1 is 1.24 bits per heavy atom. The molecular formula is C25H28FN7O4S. The van der Waals surface area contributed by atoms with Crippen LogP contribution in [-0.2, 0) is 16.9 Å². The van der Waals surface area contributed by atoms with Gasteiger partial charge in [-0.15, -0.1) is 4.80 Å². The van der Waals surface area contributed by atoms with Crippen LogP contribution < -0.4 is 21.3 Å². The molecule has 3 aromatic heterocycles. The first kappa shape index (κ1) is 26.9. The fourth-order valence-corrected chi connectivity index (χ4v) is 5.39. The summed E-state index contributed by atoms with van der Waals surface area (Å²) >= 11 is 1.11. The average molecular weight is 542 g/mol. The summed E-state index contributed by atoms with van der Waals surface area (Å²) in [6.07, 6.45) is 2.97. The van der Waals surface area contributed by atoms with Gasteiger partial charge in [0.25, 0.3) is 5.56 Å². The molecule has 0 bridgehead atoms. The van der Waals surface area contributed by atoms with Gasteiger partial charge in [0.15, 0.2) is 0 Å². The van der Waals surface area contributed by atoms with Gasteiger partial charge in [-0.3, -0.25) is 14.2 Å². The van der Waals surface area contributed by atoms with Crippen LogP contribution in [0.15, 0.2) is 40.2 Å².